The van der Waals surface area contributed by atoms with Crippen molar-refractivity contribution in [3.63, 3.8) is 0 Å². The molecule has 1 aliphatic rings. The standard InChI is InChI=1S/C17H16N4O3/c1-8(10-3-2-4-12-11(10)7-15(22)21-12)13-5-9(16(18)23)6-14(20-13)17(19)24/h2-6,8H,7H2,1H3,(H2,18,23)(H2,19,24)(H,21,22). The van der Waals surface area contributed by atoms with Crippen molar-refractivity contribution in [2.24, 2.45) is 11.5 Å². The van der Waals surface area contributed by atoms with E-state index >= 15 is 0 Å². The largest absolute Gasteiger partial charge is 0.366 e. The smallest absolute Gasteiger partial charge is 0.267 e. The molecule has 0 saturated heterocycles. The number of anilines is 1. The second-order valence-electron chi connectivity index (χ2n) is 5.71. The number of carbonyl (C=O) groups is 3. The van der Waals surface area contributed by atoms with Gasteiger partial charge in [0.2, 0.25) is 11.8 Å². The van der Waals surface area contributed by atoms with Crippen molar-refractivity contribution in [1.82, 2.24) is 4.98 Å². The number of benzene rings is 1. The molecule has 2 heterocycles. The molecule has 1 unspecified atom stereocenters. The van der Waals surface area contributed by atoms with Gasteiger partial charge in [-0.15, -0.1) is 0 Å². The fraction of sp³-hybridized carbons (Fsp3) is 0.176. The summed E-state index contributed by atoms with van der Waals surface area (Å²) in [7, 11) is 0. The lowest BCUT2D eigenvalue weighted by Gasteiger charge is -2.16. The van der Waals surface area contributed by atoms with Gasteiger partial charge in [-0.3, -0.25) is 14.4 Å². The number of nitrogens with two attached hydrogens (primary N) is 2. The molecule has 0 bridgehead atoms. The van der Waals surface area contributed by atoms with E-state index in [0.29, 0.717) is 5.69 Å². The molecule has 1 aromatic heterocycles. The monoisotopic (exact) mass is 324 g/mol. The normalized spacial score (nSPS) is 14.0. The van der Waals surface area contributed by atoms with Crippen LogP contribution in [0.2, 0.25) is 0 Å². The van der Waals surface area contributed by atoms with Crippen LogP contribution in [0.3, 0.4) is 0 Å². The van der Waals surface area contributed by atoms with E-state index in [-0.39, 0.29) is 29.5 Å². The zero-order valence-electron chi connectivity index (χ0n) is 13.0. The summed E-state index contributed by atoms with van der Waals surface area (Å²) >= 11 is 0. The van der Waals surface area contributed by atoms with E-state index in [0.717, 1.165) is 16.8 Å². The number of rotatable bonds is 4. The number of pyridine rings is 1. The third-order valence-electron chi connectivity index (χ3n) is 4.12. The summed E-state index contributed by atoms with van der Waals surface area (Å²) in [5, 5.41) is 2.80. The Labute approximate surface area is 138 Å². The van der Waals surface area contributed by atoms with E-state index in [2.05, 4.69) is 10.3 Å². The quantitative estimate of drug-likeness (QED) is 0.772. The lowest BCUT2D eigenvalue weighted by Crippen LogP contribution is -2.19. The predicted octanol–water partition coefficient (Wildman–Crippen LogP) is 0.926. The summed E-state index contributed by atoms with van der Waals surface area (Å²) in [5.41, 5.74) is 13.8. The van der Waals surface area contributed by atoms with Crippen LogP contribution in [0.25, 0.3) is 0 Å². The molecular formula is C17H16N4O3. The SMILES string of the molecule is CC(c1cc(C(N)=O)cc(C(N)=O)n1)c1cccc2c1CC(=O)N2. The molecule has 0 spiro atoms. The van der Waals surface area contributed by atoms with Gasteiger partial charge in [-0.1, -0.05) is 19.1 Å². The van der Waals surface area contributed by atoms with Gasteiger partial charge in [-0.25, -0.2) is 4.98 Å². The third kappa shape index (κ3) is 2.71. The van der Waals surface area contributed by atoms with Gasteiger partial charge in [0.05, 0.1) is 6.42 Å². The van der Waals surface area contributed by atoms with Crippen molar-refractivity contribution >= 4 is 23.4 Å². The summed E-state index contributed by atoms with van der Waals surface area (Å²) in [6.45, 7) is 1.89. The van der Waals surface area contributed by atoms with Gasteiger partial charge >= 0.3 is 0 Å². The van der Waals surface area contributed by atoms with E-state index in [1.54, 1.807) is 6.07 Å². The molecule has 2 aromatic rings. The first-order chi connectivity index (χ1) is 11.4. The van der Waals surface area contributed by atoms with E-state index in [1.165, 1.54) is 6.07 Å². The second kappa shape index (κ2) is 5.77. The molecule has 1 atom stereocenters. The van der Waals surface area contributed by atoms with Gasteiger partial charge in [0.15, 0.2) is 0 Å². The van der Waals surface area contributed by atoms with Crippen molar-refractivity contribution in [2.45, 2.75) is 19.3 Å². The van der Waals surface area contributed by atoms with Crippen LogP contribution in [0.5, 0.6) is 0 Å². The Balaban J connectivity index is 2.10. The Morgan fingerprint density at radius 1 is 1.21 bits per heavy atom. The highest BCUT2D eigenvalue weighted by molar-refractivity contribution is 6.00. The van der Waals surface area contributed by atoms with Gasteiger partial charge in [-0.2, -0.15) is 0 Å². The average molecular weight is 324 g/mol. The van der Waals surface area contributed by atoms with Gasteiger partial charge in [0, 0.05) is 22.9 Å². The number of hydrogen-bond acceptors (Lipinski definition) is 4. The topological polar surface area (TPSA) is 128 Å². The zero-order valence-corrected chi connectivity index (χ0v) is 13.0. The van der Waals surface area contributed by atoms with Crippen molar-refractivity contribution in [3.05, 3.63) is 58.4 Å². The summed E-state index contributed by atoms with van der Waals surface area (Å²) in [6.07, 6.45) is 0.286. The molecule has 1 aliphatic heterocycles. The lowest BCUT2D eigenvalue weighted by molar-refractivity contribution is -0.115. The number of carbonyl (C=O) groups excluding carboxylic acids is 3. The Bertz CT molecular complexity index is 844. The summed E-state index contributed by atoms with van der Waals surface area (Å²) in [6, 6.07) is 8.39. The van der Waals surface area contributed by atoms with Crippen LogP contribution in [0.4, 0.5) is 5.69 Å². The Morgan fingerprint density at radius 2 is 1.96 bits per heavy atom. The average Bonchev–Trinajstić information content (AvgIpc) is 2.93. The fourth-order valence-electron chi connectivity index (χ4n) is 2.88. The number of amides is 3. The van der Waals surface area contributed by atoms with Crippen molar-refractivity contribution < 1.29 is 14.4 Å². The first-order valence-electron chi connectivity index (χ1n) is 7.40. The Hall–Kier alpha value is -3.22. The van der Waals surface area contributed by atoms with E-state index in [1.807, 2.05) is 25.1 Å². The van der Waals surface area contributed by atoms with Crippen LogP contribution < -0.4 is 16.8 Å². The molecule has 5 N–H and O–H groups in total. The number of nitrogens with zero attached hydrogens (tertiary/aromatic N) is 1. The summed E-state index contributed by atoms with van der Waals surface area (Å²) < 4.78 is 0. The maximum absolute atomic E-state index is 11.6. The van der Waals surface area contributed by atoms with Crippen molar-refractivity contribution in [1.29, 1.82) is 0 Å². The maximum atomic E-state index is 11.6. The Morgan fingerprint density at radius 3 is 2.62 bits per heavy atom. The minimum atomic E-state index is -0.735. The molecule has 7 heteroatoms. The highest BCUT2D eigenvalue weighted by Crippen LogP contribution is 2.33. The first-order valence-corrected chi connectivity index (χ1v) is 7.40. The highest BCUT2D eigenvalue weighted by atomic mass is 16.2. The maximum Gasteiger partial charge on any atom is 0.267 e. The molecule has 7 nitrogen and oxygen atoms in total. The van der Waals surface area contributed by atoms with Crippen LogP contribution in [0.15, 0.2) is 30.3 Å². The van der Waals surface area contributed by atoms with Crippen molar-refractivity contribution in [3.8, 4) is 0 Å². The van der Waals surface area contributed by atoms with Gasteiger partial charge < -0.3 is 16.8 Å². The van der Waals surface area contributed by atoms with Gasteiger partial charge in [-0.05, 0) is 29.3 Å². The summed E-state index contributed by atoms with van der Waals surface area (Å²) in [4.78, 5) is 38.9. The number of aromatic nitrogens is 1. The molecule has 3 amide bonds. The molecule has 1 aromatic carbocycles. The summed E-state index contributed by atoms with van der Waals surface area (Å²) in [5.74, 6) is -1.71. The molecule has 0 saturated carbocycles. The predicted molar refractivity (Wildman–Crippen MR) is 87.6 cm³/mol. The number of primary amides is 2. The molecule has 122 valence electrons. The number of fused-ring (bicyclic) bond motifs is 1. The van der Waals surface area contributed by atoms with Crippen LogP contribution in [0.1, 0.15) is 50.5 Å². The number of nitrogens with one attached hydrogen (secondary N) is 1. The highest BCUT2D eigenvalue weighted by Gasteiger charge is 2.25. The van der Waals surface area contributed by atoms with Crippen molar-refractivity contribution in [2.75, 3.05) is 5.32 Å². The molecule has 0 fully saturated rings. The van der Waals surface area contributed by atoms with Crippen LogP contribution in [-0.4, -0.2) is 22.7 Å². The van der Waals surface area contributed by atoms with Gasteiger partial charge in [0.1, 0.15) is 5.69 Å². The second-order valence-corrected chi connectivity index (χ2v) is 5.71. The molecule has 0 radical (unpaired) electrons. The van der Waals surface area contributed by atoms with Gasteiger partial charge in [0.25, 0.3) is 5.91 Å². The van der Waals surface area contributed by atoms with Crippen LogP contribution >= 0.6 is 0 Å². The number of hydrogen-bond donors (Lipinski definition) is 3. The molecule has 3 rings (SSSR count). The van der Waals surface area contributed by atoms with E-state index < -0.39 is 11.8 Å². The fourth-order valence-corrected chi connectivity index (χ4v) is 2.88. The first kappa shape index (κ1) is 15.7. The minimum absolute atomic E-state index is 0.0186. The van der Waals surface area contributed by atoms with Crippen LogP contribution in [0, 0.1) is 0 Å². The molecule has 0 aliphatic carbocycles. The van der Waals surface area contributed by atoms with E-state index in [9.17, 15) is 14.4 Å². The third-order valence-corrected chi connectivity index (χ3v) is 4.12. The van der Waals surface area contributed by atoms with E-state index in [4.69, 9.17) is 11.5 Å². The zero-order chi connectivity index (χ0) is 17.4. The minimum Gasteiger partial charge on any atom is -0.366 e. The molecule has 24 heavy (non-hydrogen) atoms. The Kier molecular flexibility index (Phi) is 3.76. The lowest BCUT2D eigenvalue weighted by atomic mass is 9.90. The molecular weight excluding hydrogens is 308 g/mol. The van der Waals surface area contributed by atoms with Crippen LogP contribution in [-0.2, 0) is 11.2 Å².